The van der Waals surface area contributed by atoms with E-state index in [4.69, 9.17) is 9.72 Å². The largest absolute Gasteiger partial charge is 0.497 e. The Morgan fingerprint density at radius 1 is 0.923 bits per heavy atom. The van der Waals surface area contributed by atoms with Crippen LogP contribution < -0.4 is 4.74 Å². The number of rotatable bonds is 4. The van der Waals surface area contributed by atoms with Crippen LogP contribution in [0.2, 0.25) is 0 Å². The number of hydrogen-bond donors (Lipinski definition) is 0. The number of pyridine rings is 1. The third-order valence-electron chi connectivity index (χ3n) is 4.53. The average Bonchev–Trinajstić information content (AvgIpc) is 3.12. The first-order valence-corrected chi connectivity index (χ1v) is 8.75. The van der Waals surface area contributed by atoms with Crippen LogP contribution in [0.3, 0.4) is 0 Å². The molecular weight excluding hydrogens is 322 g/mol. The molecule has 0 aliphatic rings. The monoisotopic (exact) mass is 343 g/mol. The summed E-state index contributed by atoms with van der Waals surface area (Å²) in [5.41, 5.74) is 5.21. The van der Waals surface area contributed by atoms with Crippen LogP contribution in [-0.4, -0.2) is 21.9 Å². The first kappa shape index (κ1) is 16.3. The van der Waals surface area contributed by atoms with Gasteiger partial charge in [0, 0.05) is 17.0 Å². The fourth-order valence-corrected chi connectivity index (χ4v) is 3.16. The van der Waals surface area contributed by atoms with Gasteiger partial charge in [0.15, 0.2) is 5.65 Å². The highest BCUT2D eigenvalue weighted by Gasteiger charge is 2.15. The van der Waals surface area contributed by atoms with Crippen LogP contribution in [0.4, 0.5) is 0 Å². The highest BCUT2D eigenvalue weighted by Crippen LogP contribution is 2.33. The lowest BCUT2D eigenvalue weighted by Crippen LogP contribution is -2.04. The summed E-state index contributed by atoms with van der Waals surface area (Å²) < 4.78 is 7.27. The average molecular weight is 343 g/mol. The fourth-order valence-electron chi connectivity index (χ4n) is 3.16. The highest BCUT2D eigenvalue weighted by molar-refractivity contribution is 5.95. The first-order chi connectivity index (χ1) is 12.7. The Bertz CT molecular complexity index is 1030. The molecule has 2 aromatic heterocycles. The van der Waals surface area contributed by atoms with Gasteiger partial charge in [-0.3, -0.25) is 0 Å². The number of nitrogens with zero attached hydrogens (tertiary/aromatic N) is 3. The summed E-state index contributed by atoms with van der Waals surface area (Å²) in [5, 5.41) is 5.64. The standard InChI is InChI=1S/C22H21N3O/c1-15(2)25-22-20(14-23-25)19(16-9-11-18(26-3)12-10-16)13-21(24-22)17-7-5-4-6-8-17/h4-15H,1-3H3. The van der Waals surface area contributed by atoms with Gasteiger partial charge in [-0.05, 0) is 43.2 Å². The lowest BCUT2D eigenvalue weighted by molar-refractivity contribution is 0.415. The Balaban J connectivity index is 1.98. The molecule has 0 aliphatic carbocycles. The van der Waals surface area contributed by atoms with Crippen molar-refractivity contribution in [1.29, 1.82) is 0 Å². The van der Waals surface area contributed by atoms with Crippen molar-refractivity contribution in [3.63, 3.8) is 0 Å². The Morgan fingerprint density at radius 3 is 2.31 bits per heavy atom. The van der Waals surface area contributed by atoms with Crippen LogP contribution in [0.15, 0.2) is 66.9 Å². The third-order valence-corrected chi connectivity index (χ3v) is 4.53. The van der Waals surface area contributed by atoms with E-state index >= 15 is 0 Å². The number of ether oxygens (including phenoxy) is 1. The van der Waals surface area contributed by atoms with Gasteiger partial charge >= 0.3 is 0 Å². The fraction of sp³-hybridized carbons (Fsp3) is 0.182. The summed E-state index contributed by atoms with van der Waals surface area (Å²) in [5.74, 6) is 0.847. The number of benzene rings is 2. The molecule has 0 aliphatic heterocycles. The molecule has 0 saturated carbocycles. The highest BCUT2D eigenvalue weighted by atomic mass is 16.5. The van der Waals surface area contributed by atoms with E-state index in [0.717, 1.165) is 39.2 Å². The molecule has 4 aromatic rings. The maximum Gasteiger partial charge on any atom is 0.159 e. The smallest absolute Gasteiger partial charge is 0.159 e. The van der Waals surface area contributed by atoms with Crippen LogP contribution in [0.25, 0.3) is 33.4 Å². The minimum absolute atomic E-state index is 0.245. The van der Waals surface area contributed by atoms with Crippen LogP contribution in [-0.2, 0) is 0 Å². The molecule has 0 bridgehead atoms. The van der Waals surface area contributed by atoms with Gasteiger partial charge in [0.05, 0.1) is 19.0 Å². The molecule has 0 radical (unpaired) electrons. The van der Waals surface area contributed by atoms with E-state index in [2.05, 4.69) is 49.3 Å². The summed E-state index contributed by atoms with van der Waals surface area (Å²) in [4.78, 5) is 4.92. The normalized spacial score (nSPS) is 11.2. The topological polar surface area (TPSA) is 39.9 Å². The molecular formula is C22H21N3O. The van der Waals surface area contributed by atoms with Crippen LogP contribution >= 0.6 is 0 Å². The minimum atomic E-state index is 0.245. The van der Waals surface area contributed by atoms with Gasteiger partial charge in [0.2, 0.25) is 0 Å². The summed E-state index contributed by atoms with van der Waals surface area (Å²) in [7, 11) is 1.68. The van der Waals surface area contributed by atoms with Crippen LogP contribution in [0.1, 0.15) is 19.9 Å². The molecule has 0 unspecified atom stereocenters. The van der Waals surface area contributed by atoms with E-state index in [1.807, 2.05) is 41.2 Å². The second-order valence-electron chi connectivity index (χ2n) is 6.57. The Labute approximate surface area is 153 Å². The van der Waals surface area contributed by atoms with Crippen molar-refractivity contribution in [1.82, 2.24) is 14.8 Å². The van der Waals surface area contributed by atoms with Gasteiger partial charge in [0.1, 0.15) is 5.75 Å². The summed E-state index contributed by atoms with van der Waals surface area (Å²) in [6, 6.07) is 20.8. The number of fused-ring (bicyclic) bond motifs is 1. The number of aromatic nitrogens is 3. The predicted octanol–water partition coefficient (Wildman–Crippen LogP) is 5.35. The van der Waals surface area contributed by atoms with E-state index in [1.54, 1.807) is 7.11 Å². The second kappa shape index (κ2) is 6.64. The zero-order valence-electron chi connectivity index (χ0n) is 15.2. The van der Waals surface area contributed by atoms with Crippen molar-refractivity contribution in [3.05, 3.63) is 66.9 Å². The molecule has 0 saturated heterocycles. The zero-order valence-corrected chi connectivity index (χ0v) is 15.2. The van der Waals surface area contributed by atoms with Crippen molar-refractivity contribution in [2.75, 3.05) is 7.11 Å². The number of hydrogen-bond acceptors (Lipinski definition) is 3. The SMILES string of the molecule is COc1ccc(-c2cc(-c3ccccc3)nc3c2cnn3C(C)C)cc1. The molecule has 4 nitrogen and oxygen atoms in total. The number of methoxy groups -OCH3 is 1. The molecule has 26 heavy (non-hydrogen) atoms. The zero-order chi connectivity index (χ0) is 18.1. The molecule has 4 rings (SSSR count). The second-order valence-corrected chi connectivity index (χ2v) is 6.57. The van der Waals surface area contributed by atoms with E-state index in [9.17, 15) is 0 Å². The lowest BCUT2D eigenvalue weighted by atomic mass is 10.0. The van der Waals surface area contributed by atoms with E-state index in [0.29, 0.717) is 0 Å². The van der Waals surface area contributed by atoms with Crippen molar-refractivity contribution in [3.8, 4) is 28.1 Å². The van der Waals surface area contributed by atoms with E-state index in [1.165, 1.54) is 0 Å². The van der Waals surface area contributed by atoms with Crippen LogP contribution in [0, 0.1) is 0 Å². The molecule has 0 spiro atoms. The summed E-state index contributed by atoms with van der Waals surface area (Å²) in [6.07, 6.45) is 1.91. The van der Waals surface area contributed by atoms with Gasteiger partial charge in [-0.2, -0.15) is 5.10 Å². The van der Waals surface area contributed by atoms with Crippen molar-refractivity contribution in [2.45, 2.75) is 19.9 Å². The molecule has 4 heteroatoms. The molecule has 0 amide bonds. The van der Waals surface area contributed by atoms with Gasteiger partial charge in [0.25, 0.3) is 0 Å². The summed E-state index contributed by atoms with van der Waals surface area (Å²) in [6.45, 7) is 4.24. The lowest BCUT2D eigenvalue weighted by Gasteiger charge is -2.11. The van der Waals surface area contributed by atoms with E-state index < -0.39 is 0 Å². The van der Waals surface area contributed by atoms with Crippen molar-refractivity contribution >= 4 is 11.0 Å². The van der Waals surface area contributed by atoms with Crippen molar-refractivity contribution < 1.29 is 4.74 Å². The first-order valence-electron chi connectivity index (χ1n) is 8.75. The van der Waals surface area contributed by atoms with Gasteiger partial charge in [-0.1, -0.05) is 42.5 Å². The van der Waals surface area contributed by atoms with Gasteiger partial charge in [-0.25, -0.2) is 9.67 Å². The summed E-state index contributed by atoms with van der Waals surface area (Å²) >= 11 is 0. The predicted molar refractivity (Wildman–Crippen MR) is 105 cm³/mol. The van der Waals surface area contributed by atoms with Crippen LogP contribution in [0.5, 0.6) is 5.75 Å². The Morgan fingerprint density at radius 2 is 1.65 bits per heavy atom. The Hall–Kier alpha value is -3.14. The molecule has 2 aromatic carbocycles. The molecule has 0 N–H and O–H groups in total. The quantitative estimate of drug-likeness (QED) is 0.501. The van der Waals surface area contributed by atoms with Gasteiger partial charge < -0.3 is 4.74 Å². The molecule has 0 atom stereocenters. The Kier molecular flexibility index (Phi) is 4.17. The van der Waals surface area contributed by atoms with E-state index in [-0.39, 0.29) is 6.04 Å². The third kappa shape index (κ3) is 2.84. The molecule has 2 heterocycles. The molecule has 130 valence electrons. The van der Waals surface area contributed by atoms with Gasteiger partial charge in [-0.15, -0.1) is 0 Å². The maximum absolute atomic E-state index is 5.29. The van der Waals surface area contributed by atoms with Crippen molar-refractivity contribution in [2.24, 2.45) is 0 Å². The minimum Gasteiger partial charge on any atom is -0.497 e. The molecule has 0 fully saturated rings. The maximum atomic E-state index is 5.29.